The van der Waals surface area contributed by atoms with E-state index in [2.05, 4.69) is 46.6 Å². The average molecular weight is 450 g/mol. The number of fused-ring (bicyclic) bond motifs is 1. The fourth-order valence-corrected chi connectivity index (χ4v) is 5.07. The van der Waals surface area contributed by atoms with Crippen LogP contribution in [0.3, 0.4) is 0 Å². The molecule has 1 aromatic carbocycles. The predicted molar refractivity (Wildman–Crippen MR) is 127 cm³/mol. The summed E-state index contributed by atoms with van der Waals surface area (Å²) in [4.78, 5) is 22.0. The highest BCUT2D eigenvalue weighted by Crippen LogP contribution is 2.33. The molecule has 0 N–H and O–H groups in total. The summed E-state index contributed by atoms with van der Waals surface area (Å²) in [5.41, 5.74) is 9.73. The van der Waals surface area contributed by atoms with Gasteiger partial charge in [0.25, 0.3) is 5.91 Å². The minimum Gasteiger partial charge on any atom is -0.334 e. The fraction of sp³-hybridized carbons (Fsp3) is 0.480. The van der Waals surface area contributed by atoms with Crippen molar-refractivity contribution in [1.29, 1.82) is 0 Å². The first-order chi connectivity index (χ1) is 15.5. The summed E-state index contributed by atoms with van der Waals surface area (Å²) in [7, 11) is 1.85. The number of hydrogen-bond donors (Lipinski definition) is 0. The highest BCUT2D eigenvalue weighted by molar-refractivity contribution is 7.07. The summed E-state index contributed by atoms with van der Waals surface area (Å²) >= 11 is 1.56. The van der Waals surface area contributed by atoms with Crippen molar-refractivity contribution in [3.8, 4) is 0 Å². The maximum atomic E-state index is 13.4. The summed E-state index contributed by atoms with van der Waals surface area (Å²) in [5.74, 6) is 0.722. The smallest absolute Gasteiger partial charge is 0.274 e. The molecule has 0 unspecified atom stereocenters. The summed E-state index contributed by atoms with van der Waals surface area (Å²) in [5, 5.41) is 6.87. The number of amides is 1. The first kappa shape index (κ1) is 21.3. The van der Waals surface area contributed by atoms with E-state index in [0.29, 0.717) is 12.2 Å². The molecule has 0 saturated heterocycles. The molecule has 0 bridgehead atoms. The van der Waals surface area contributed by atoms with E-state index < -0.39 is 0 Å². The third kappa shape index (κ3) is 4.50. The van der Waals surface area contributed by atoms with Crippen molar-refractivity contribution in [1.82, 2.24) is 24.6 Å². The van der Waals surface area contributed by atoms with Crippen LogP contribution >= 0.6 is 11.3 Å². The summed E-state index contributed by atoms with van der Waals surface area (Å²) < 4.78 is 2.14. The molecule has 0 radical (unpaired) electrons. The van der Waals surface area contributed by atoms with Gasteiger partial charge in [0.1, 0.15) is 0 Å². The van der Waals surface area contributed by atoms with Crippen LogP contribution in [-0.4, -0.2) is 44.1 Å². The summed E-state index contributed by atoms with van der Waals surface area (Å²) in [6, 6.07) is 6.72. The van der Waals surface area contributed by atoms with Gasteiger partial charge in [0.05, 0.1) is 17.7 Å². The lowest BCUT2D eigenvalue weighted by Crippen LogP contribution is -2.33. The van der Waals surface area contributed by atoms with Gasteiger partial charge in [-0.05, 0) is 49.3 Å². The number of aryl methyl sites for hydroxylation is 2. The van der Waals surface area contributed by atoms with Gasteiger partial charge in [-0.1, -0.05) is 18.2 Å². The minimum absolute atomic E-state index is 0.00294. The molecule has 2 aliphatic rings. The second-order valence-corrected chi connectivity index (χ2v) is 10.1. The molecule has 1 saturated carbocycles. The largest absolute Gasteiger partial charge is 0.334 e. The molecular weight excluding hydrogens is 418 g/mol. The van der Waals surface area contributed by atoms with Crippen molar-refractivity contribution in [3.05, 3.63) is 68.4 Å². The van der Waals surface area contributed by atoms with Gasteiger partial charge >= 0.3 is 0 Å². The number of carbonyl (C=O) groups is 1. The van der Waals surface area contributed by atoms with Gasteiger partial charge in [-0.15, -0.1) is 11.3 Å². The second kappa shape index (κ2) is 8.79. The standard InChI is InChI=1S/C25H31N5OS/c1-17-4-5-20(10-18(17)2)11-29-9-8-23-22(14-29)24(27-30(23)12-19-6-7-19)25(31)28(3)13-21-15-32-16-26-21/h4-5,10,15-16,19H,6-9,11-14H2,1-3H3. The van der Waals surface area contributed by atoms with E-state index in [1.54, 1.807) is 16.2 Å². The van der Waals surface area contributed by atoms with Gasteiger partial charge in [0.15, 0.2) is 5.69 Å². The number of thiazole rings is 1. The molecule has 32 heavy (non-hydrogen) atoms. The van der Waals surface area contributed by atoms with E-state index in [1.807, 2.05) is 17.9 Å². The Labute approximate surface area is 193 Å². The molecule has 6 nitrogen and oxygen atoms in total. The Morgan fingerprint density at radius 2 is 2.09 bits per heavy atom. The van der Waals surface area contributed by atoms with Crippen LogP contribution in [0.15, 0.2) is 29.1 Å². The number of nitrogens with zero attached hydrogens (tertiary/aromatic N) is 5. The zero-order chi connectivity index (χ0) is 22.2. The van der Waals surface area contributed by atoms with E-state index in [4.69, 9.17) is 5.10 Å². The van der Waals surface area contributed by atoms with Crippen LogP contribution in [0, 0.1) is 19.8 Å². The molecule has 3 heterocycles. The molecule has 168 valence electrons. The van der Waals surface area contributed by atoms with Crippen LogP contribution in [0.25, 0.3) is 0 Å². The third-order valence-corrected chi connectivity index (χ3v) is 7.39. The Bertz CT molecular complexity index is 1120. The quantitative estimate of drug-likeness (QED) is 0.543. The molecule has 2 aromatic heterocycles. The monoisotopic (exact) mass is 449 g/mol. The fourth-order valence-electron chi connectivity index (χ4n) is 4.52. The summed E-state index contributed by atoms with van der Waals surface area (Å²) in [6.45, 7) is 8.46. The van der Waals surface area contributed by atoms with Crippen LogP contribution in [0.5, 0.6) is 0 Å². The summed E-state index contributed by atoms with van der Waals surface area (Å²) in [6.07, 6.45) is 3.50. The molecule has 3 aromatic rings. The van der Waals surface area contributed by atoms with E-state index in [9.17, 15) is 4.79 Å². The van der Waals surface area contributed by atoms with Crippen molar-refractivity contribution < 1.29 is 4.79 Å². The van der Waals surface area contributed by atoms with Gasteiger partial charge in [-0.3, -0.25) is 14.4 Å². The van der Waals surface area contributed by atoms with Crippen LogP contribution < -0.4 is 0 Å². The zero-order valence-corrected chi connectivity index (χ0v) is 20.0. The van der Waals surface area contributed by atoms with E-state index in [0.717, 1.165) is 49.8 Å². The maximum absolute atomic E-state index is 13.4. The number of aromatic nitrogens is 3. The normalized spacial score (nSPS) is 16.2. The number of carbonyl (C=O) groups excluding carboxylic acids is 1. The molecule has 1 amide bonds. The topological polar surface area (TPSA) is 54.3 Å². The zero-order valence-electron chi connectivity index (χ0n) is 19.2. The predicted octanol–water partition coefficient (Wildman–Crippen LogP) is 4.20. The first-order valence-electron chi connectivity index (χ1n) is 11.5. The highest BCUT2D eigenvalue weighted by atomic mass is 32.1. The van der Waals surface area contributed by atoms with E-state index in [1.165, 1.54) is 35.2 Å². The lowest BCUT2D eigenvalue weighted by atomic mass is 10.0. The lowest BCUT2D eigenvalue weighted by molar-refractivity contribution is 0.0774. The van der Waals surface area contributed by atoms with Crippen molar-refractivity contribution in [3.63, 3.8) is 0 Å². The number of benzene rings is 1. The molecule has 0 spiro atoms. The molecule has 0 atom stereocenters. The molecule has 1 fully saturated rings. The number of hydrogen-bond acceptors (Lipinski definition) is 5. The van der Waals surface area contributed by atoms with Gasteiger partial charge in [0.2, 0.25) is 0 Å². The van der Waals surface area contributed by atoms with E-state index >= 15 is 0 Å². The number of rotatable bonds is 7. The van der Waals surface area contributed by atoms with Crippen molar-refractivity contribution >= 4 is 17.2 Å². The van der Waals surface area contributed by atoms with Crippen LogP contribution in [0.2, 0.25) is 0 Å². The van der Waals surface area contributed by atoms with Crippen LogP contribution in [-0.2, 0) is 32.6 Å². The SMILES string of the molecule is Cc1ccc(CN2CCc3c(c(C(=O)N(C)Cc4cscn4)nn3CC3CC3)C2)cc1C. The van der Waals surface area contributed by atoms with Gasteiger partial charge in [-0.25, -0.2) is 4.98 Å². The lowest BCUT2D eigenvalue weighted by Gasteiger charge is -2.28. The second-order valence-electron chi connectivity index (χ2n) is 9.42. The molecule has 1 aliphatic carbocycles. The molecule has 1 aliphatic heterocycles. The van der Waals surface area contributed by atoms with Gasteiger partial charge in [0, 0.05) is 56.3 Å². The Morgan fingerprint density at radius 3 is 2.81 bits per heavy atom. The van der Waals surface area contributed by atoms with Gasteiger partial charge < -0.3 is 4.90 Å². The molecular formula is C25H31N5OS. The van der Waals surface area contributed by atoms with E-state index in [-0.39, 0.29) is 5.91 Å². The van der Waals surface area contributed by atoms with Crippen LogP contribution in [0.1, 0.15) is 57.0 Å². The van der Waals surface area contributed by atoms with Crippen molar-refractivity contribution in [2.24, 2.45) is 5.92 Å². The maximum Gasteiger partial charge on any atom is 0.274 e. The van der Waals surface area contributed by atoms with Crippen molar-refractivity contribution in [2.45, 2.75) is 59.3 Å². The third-order valence-electron chi connectivity index (χ3n) is 6.75. The average Bonchev–Trinajstić information content (AvgIpc) is 3.31. The van der Waals surface area contributed by atoms with Crippen LogP contribution in [0.4, 0.5) is 0 Å². The van der Waals surface area contributed by atoms with Crippen molar-refractivity contribution in [2.75, 3.05) is 13.6 Å². The van der Waals surface area contributed by atoms with Gasteiger partial charge in [-0.2, -0.15) is 5.10 Å². The molecule has 7 heteroatoms. The Hall–Kier alpha value is -2.51. The highest BCUT2D eigenvalue weighted by Gasteiger charge is 2.32. The Morgan fingerprint density at radius 1 is 1.25 bits per heavy atom. The molecule has 5 rings (SSSR count). The first-order valence-corrected chi connectivity index (χ1v) is 12.4. The minimum atomic E-state index is -0.00294. The Balaban J connectivity index is 1.39. The Kier molecular flexibility index (Phi) is 5.86.